The molecule has 0 bridgehead atoms. The van der Waals surface area contributed by atoms with Crippen molar-refractivity contribution in [2.45, 2.75) is 110 Å². The highest BCUT2D eigenvalue weighted by Gasteiger charge is 2.42. The van der Waals surface area contributed by atoms with Gasteiger partial charge in [-0.3, -0.25) is 0 Å². The molecular weight excluding hydrogens is 668 g/mol. The number of esters is 4. The van der Waals surface area contributed by atoms with E-state index in [1.165, 1.54) is 0 Å². The largest absolute Gasteiger partial charge is 0.455 e. The van der Waals surface area contributed by atoms with Crippen LogP contribution < -0.4 is 0 Å². The molecule has 0 aliphatic rings. The molecule has 0 spiro atoms. The molecule has 0 aromatic heterocycles. The van der Waals surface area contributed by atoms with E-state index in [1.807, 2.05) is 58.9 Å². The molecule has 4 aromatic carbocycles. The van der Waals surface area contributed by atoms with Crippen molar-refractivity contribution in [2.24, 2.45) is 0 Å². The van der Waals surface area contributed by atoms with Gasteiger partial charge >= 0.3 is 23.9 Å². The van der Waals surface area contributed by atoms with Crippen molar-refractivity contribution in [1.82, 2.24) is 0 Å². The summed E-state index contributed by atoms with van der Waals surface area (Å²) in [5.74, 6) is -1.61. The lowest BCUT2D eigenvalue weighted by Gasteiger charge is -2.38. The zero-order valence-corrected chi connectivity index (χ0v) is 31.9. The first kappa shape index (κ1) is 42.2. The molecule has 0 N–H and O–H groups in total. The molecule has 0 saturated carbocycles. The van der Waals surface area contributed by atoms with Crippen LogP contribution in [0.3, 0.4) is 0 Å². The van der Waals surface area contributed by atoms with Crippen LogP contribution in [-0.2, 0) is 18.9 Å². The van der Waals surface area contributed by atoms with Crippen LogP contribution in [0.25, 0.3) is 0 Å². The maximum absolute atomic E-state index is 12.7. The molecule has 0 aliphatic heterocycles. The molecule has 282 valence electrons. The first-order valence-corrected chi connectivity index (χ1v) is 18.6. The standard InChI is InChI=1S/C23H28O4.C22H26O4/c1-4-16-23(17-5-2,27-22(25)20-14-10-7-11-15-20)18(3)26-21(24)19-12-8-6-9-13-19;1-4-16-22(5-2,26-21(24)19-14-10-7-11-15-19)17(3)25-20(23)18-12-8-6-9-13-18/h6-15,18H,4-5,16-17H2,1-3H3;6-15,17H,4-5,16H2,1-3H3. The Morgan fingerprint density at radius 1 is 0.434 bits per heavy atom. The molecule has 53 heavy (non-hydrogen) atoms. The van der Waals surface area contributed by atoms with Gasteiger partial charge in [0.2, 0.25) is 0 Å². The molecular formula is C45H54O8. The van der Waals surface area contributed by atoms with Crippen molar-refractivity contribution in [1.29, 1.82) is 0 Å². The summed E-state index contributed by atoms with van der Waals surface area (Å²) in [4.78, 5) is 50.2. The number of benzene rings is 4. The van der Waals surface area contributed by atoms with E-state index in [1.54, 1.807) is 104 Å². The van der Waals surface area contributed by atoms with Crippen LogP contribution in [0.15, 0.2) is 121 Å². The van der Waals surface area contributed by atoms with E-state index in [0.717, 1.165) is 19.3 Å². The van der Waals surface area contributed by atoms with Crippen molar-refractivity contribution in [3.05, 3.63) is 144 Å². The molecule has 4 rings (SSSR count). The second-order valence-corrected chi connectivity index (χ2v) is 13.1. The molecule has 3 unspecified atom stereocenters. The van der Waals surface area contributed by atoms with Gasteiger partial charge in [-0.1, -0.05) is 120 Å². The van der Waals surface area contributed by atoms with Crippen LogP contribution >= 0.6 is 0 Å². The van der Waals surface area contributed by atoms with Crippen LogP contribution in [0.5, 0.6) is 0 Å². The van der Waals surface area contributed by atoms with Gasteiger partial charge in [0.05, 0.1) is 22.3 Å². The minimum absolute atomic E-state index is 0.389. The Morgan fingerprint density at radius 3 is 1.00 bits per heavy atom. The maximum atomic E-state index is 12.7. The van der Waals surface area contributed by atoms with Crippen LogP contribution in [0.2, 0.25) is 0 Å². The van der Waals surface area contributed by atoms with Crippen molar-refractivity contribution >= 4 is 23.9 Å². The summed E-state index contributed by atoms with van der Waals surface area (Å²) in [6.45, 7) is 11.6. The average Bonchev–Trinajstić information content (AvgIpc) is 3.19. The Morgan fingerprint density at radius 2 is 0.698 bits per heavy atom. The third-order valence-electron chi connectivity index (χ3n) is 9.30. The van der Waals surface area contributed by atoms with Gasteiger partial charge in [-0.25, -0.2) is 19.2 Å². The Bertz CT molecular complexity index is 1690. The summed E-state index contributed by atoms with van der Waals surface area (Å²) in [5.41, 5.74) is 0.252. The molecule has 0 fully saturated rings. The van der Waals surface area contributed by atoms with Gasteiger partial charge < -0.3 is 18.9 Å². The van der Waals surface area contributed by atoms with Gasteiger partial charge in [0.15, 0.2) is 0 Å². The van der Waals surface area contributed by atoms with Crippen LogP contribution in [0.1, 0.15) is 128 Å². The predicted molar refractivity (Wildman–Crippen MR) is 207 cm³/mol. The highest BCUT2D eigenvalue weighted by atomic mass is 16.6. The Kier molecular flexibility index (Phi) is 17.0. The predicted octanol–water partition coefficient (Wildman–Crippen LogP) is 10.5. The quantitative estimate of drug-likeness (QED) is 0.0783. The Labute approximate surface area is 314 Å². The summed E-state index contributed by atoms with van der Waals surface area (Å²) in [6, 6.07) is 35.5. The zero-order valence-electron chi connectivity index (χ0n) is 31.9. The van der Waals surface area contributed by atoms with E-state index in [4.69, 9.17) is 18.9 Å². The zero-order chi connectivity index (χ0) is 38.7. The van der Waals surface area contributed by atoms with Crippen LogP contribution in [-0.4, -0.2) is 47.3 Å². The number of hydrogen-bond acceptors (Lipinski definition) is 8. The smallest absolute Gasteiger partial charge is 0.338 e. The fourth-order valence-corrected chi connectivity index (χ4v) is 6.32. The molecule has 8 heteroatoms. The number of ether oxygens (including phenoxy) is 4. The van der Waals surface area contributed by atoms with Crippen molar-refractivity contribution in [3.8, 4) is 0 Å². The van der Waals surface area contributed by atoms with E-state index >= 15 is 0 Å². The highest BCUT2D eigenvalue weighted by Crippen LogP contribution is 2.33. The van der Waals surface area contributed by atoms with Crippen molar-refractivity contribution < 1.29 is 38.1 Å². The Hall–Kier alpha value is -5.24. The normalized spacial score (nSPS) is 13.2. The Balaban J connectivity index is 0.000000286. The fourth-order valence-electron chi connectivity index (χ4n) is 6.32. The van der Waals surface area contributed by atoms with Gasteiger partial charge in [-0.2, -0.15) is 0 Å². The van der Waals surface area contributed by atoms with E-state index in [0.29, 0.717) is 47.9 Å². The first-order valence-electron chi connectivity index (χ1n) is 18.6. The third kappa shape index (κ3) is 12.2. The molecule has 0 amide bonds. The summed E-state index contributed by atoms with van der Waals surface area (Å²) < 4.78 is 23.3. The fraction of sp³-hybridized carbons (Fsp3) is 0.378. The summed E-state index contributed by atoms with van der Waals surface area (Å²) in [6.07, 6.45) is 3.75. The minimum atomic E-state index is -0.855. The molecule has 8 nitrogen and oxygen atoms in total. The first-order chi connectivity index (χ1) is 25.5. The monoisotopic (exact) mass is 722 g/mol. The number of carbonyl (C=O) groups excluding carboxylic acids is 4. The maximum Gasteiger partial charge on any atom is 0.338 e. The van der Waals surface area contributed by atoms with Crippen LogP contribution in [0, 0.1) is 0 Å². The average molecular weight is 723 g/mol. The van der Waals surface area contributed by atoms with E-state index in [2.05, 4.69) is 0 Å². The molecule has 0 aliphatic carbocycles. The summed E-state index contributed by atoms with van der Waals surface area (Å²) in [7, 11) is 0. The van der Waals surface area contributed by atoms with Crippen LogP contribution in [0.4, 0.5) is 0 Å². The lowest BCUT2D eigenvalue weighted by molar-refractivity contribution is -0.100. The van der Waals surface area contributed by atoms with Gasteiger partial charge in [0.25, 0.3) is 0 Å². The molecule has 3 atom stereocenters. The van der Waals surface area contributed by atoms with Gasteiger partial charge in [-0.05, 0) is 88.1 Å². The van der Waals surface area contributed by atoms with E-state index in [9.17, 15) is 19.2 Å². The molecule has 0 heterocycles. The van der Waals surface area contributed by atoms with Gasteiger partial charge in [0.1, 0.15) is 23.4 Å². The van der Waals surface area contributed by atoms with E-state index in [-0.39, 0.29) is 5.97 Å². The number of carbonyl (C=O) groups is 4. The summed E-state index contributed by atoms with van der Waals surface area (Å²) >= 11 is 0. The second-order valence-electron chi connectivity index (χ2n) is 13.1. The topological polar surface area (TPSA) is 105 Å². The minimum Gasteiger partial charge on any atom is -0.455 e. The van der Waals surface area contributed by atoms with Gasteiger partial charge in [-0.15, -0.1) is 0 Å². The molecule has 4 aromatic rings. The number of rotatable bonds is 17. The lowest BCUT2D eigenvalue weighted by Crippen LogP contribution is -2.47. The van der Waals surface area contributed by atoms with E-state index < -0.39 is 41.3 Å². The van der Waals surface area contributed by atoms with Crippen molar-refractivity contribution in [2.75, 3.05) is 0 Å². The van der Waals surface area contributed by atoms with Gasteiger partial charge in [0, 0.05) is 0 Å². The SMILES string of the molecule is CCCC(CC)(OC(=O)c1ccccc1)C(C)OC(=O)c1ccccc1.CCCC(CCC)(OC(=O)c1ccccc1)C(C)OC(=O)c1ccccc1. The second kappa shape index (κ2) is 21.3. The lowest BCUT2D eigenvalue weighted by atomic mass is 9.87. The van der Waals surface area contributed by atoms with Crippen molar-refractivity contribution in [3.63, 3.8) is 0 Å². The summed E-state index contributed by atoms with van der Waals surface area (Å²) in [5, 5.41) is 0. The number of hydrogen-bond donors (Lipinski definition) is 0. The molecule has 0 saturated heterocycles. The highest BCUT2D eigenvalue weighted by molar-refractivity contribution is 5.91. The third-order valence-corrected chi connectivity index (χ3v) is 9.30. The molecule has 0 radical (unpaired) electrons.